The SMILES string of the molecule is CC[C@](C)(c1noc(=O)[nH]1)n1c(C(=O)N2CCC(=NC)/C(=C(\C)n3cc[nH]c3=O)[C@@H]2C)cc2cc(-c3ccnc(OC)c3C)ccc21. The second-order valence-corrected chi connectivity index (χ2v) is 11.9. The molecule has 1 aliphatic heterocycles. The summed E-state index contributed by atoms with van der Waals surface area (Å²) in [5, 5.41) is 4.90. The van der Waals surface area contributed by atoms with Gasteiger partial charge in [0.1, 0.15) is 11.2 Å². The molecule has 13 heteroatoms. The molecule has 6 rings (SSSR count). The highest BCUT2D eigenvalue weighted by Gasteiger charge is 2.39. The van der Waals surface area contributed by atoms with Crippen molar-refractivity contribution in [1.82, 2.24) is 34.1 Å². The van der Waals surface area contributed by atoms with E-state index in [4.69, 9.17) is 9.26 Å². The van der Waals surface area contributed by atoms with Crippen LogP contribution in [0.3, 0.4) is 0 Å². The molecule has 0 unspecified atom stereocenters. The number of ether oxygens (including phenoxy) is 1. The maximum absolute atomic E-state index is 14.8. The molecule has 5 aromatic rings. The Morgan fingerprint density at radius 3 is 2.66 bits per heavy atom. The molecule has 0 radical (unpaired) electrons. The van der Waals surface area contributed by atoms with Crippen LogP contribution in [0.1, 0.15) is 62.4 Å². The Morgan fingerprint density at radius 1 is 1.23 bits per heavy atom. The number of methoxy groups -OCH3 is 1. The van der Waals surface area contributed by atoms with Crippen molar-refractivity contribution in [2.45, 2.75) is 59.0 Å². The van der Waals surface area contributed by atoms with E-state index in [-0.39, 0.29) is 11.6 Å². The van der Waals surface area contributed by atoms with E-state index in [0.717, 1.165) is 38.9 Å². The summed E-state index contributed by atoms with van der Waals surface area (Å²) in [6.45, 7) is 10.1. The van der Waals surface area contributed by atoms with Crippen molar-refractivity contribution in [2.75, 3.05) is 20.7 Å². The quantitative estimate of drug-likeness (QED) is 0.264. The van der Waals surface area contributed by atoms with Crippen LogP contribution in [0.25, 0.3) is 27.7 Å². The van der Waals surface area contributed by atoms with Gasteiger partial charge in [-0.25, -0.2) is 14.6 Å². The van der Waals surface area contributed by atoms with E-state index in [2.05, 4.69) is 25.1 Å². The first-order valence-corrected chi connectivity index (χ1v) is 15.5. The van der Waals surface area contributed by atoms with Crippen LogP contribution in [0.15, 0.2) is 73.6 Å². The van der Waals surface area contributed by atoms with E-state index in [1.165, 1.54) is 4.57 Å². The number of hydrogen-bond acceptors (Lipinski definition) is 8. The number of nitrogens with zero attached hydrogens (tertiary/aromatic N) is 6. The zero-order valence-corrected chi connectivity index (χ0v) is 27.5. The smallest absolute Gasteiger partial charge is 0.438 e. The number of carbonyl (C=O) groups is 1. The Labute approximate surface area is 270 Å². The highest BCUT2D eigenvalue weighted by molar-refractivity contribution is 6.08. The second kappa shape index (κ2) is 12.0. The van der Waals surface area contributed by atoms with E-state index >= 15 is 0 Å². The third kappa shape index (κ3) is 5.11. The fourth-order valence-electron chi connectivity index (χ4n) is 6.83. The largest absolute Gasteiger partial charge is 0.481 e. The van der Waals surface area contributed by atoms with Crippen LogP contribution in [0.5, 0.6) is 5.88 Å². The number of pyridine rings is 1. The number of H-pyrrole nitrogens is 2. The first-order valence-electron chi connectivity index (χ1n) is 15.5. The van der Waals surface area contributed by atoms with Crippen molar-refractivity contribution in [3.05, 3.63) is 92.6 Å². The van der Waals surface area contributed by atoms with E-state index < -0.39 is 17.3 Å². The summed E-state index contributed by atoms with van der Waals surface area (Å²) in [6, 6.07) is 9.46. The minimum atomic E-state index is -0.946. The lowest BCUT2D eigenvalue weighted by atomic mass is 9.92. The fourth-order valence-corrected chi connectivity index (χ4v) is 6.83. The average molecular weight is 639 g/mol. The van der Waals surface area contributed by atoms with Crippen LogP contribution < -0.4 is 16.2 Å². The molecule has 0 bridgehead atoms. The van der Waals surface area contributed by atoms with Crippen LogP contribution >= 0.6 is 0 Å². The van der Waals surface area contributed by atoms with Gasteiger partial charge in [0.25, 0.3) is 5.91 Å². The Hall–Kier alpha value is -5.46. The van der Waals surface area contributed by atoms with E-state index in [1.54, 1.807) is 32.7 Å². The van der Waals surface area contributed by atoms with Crippen molar-refractivity contribution in [3.63, 3.8) is 0 Å². The van der Waals surface area contributed by atoms with E-state index in [1.807, 2.05) is 74.4 Å². The van der Waals surface area contributed by atoms with Gasteiger partial charge in [-0.2, -0.15) is 0 Å². The number of nitrogens with one attached hydrogen (secondary N) is 2. The predicted octanol–water partition coefficient (Wildman–Crippen LogP) is 4.60. The summed E-state index contributed by atoms with van der Waals surface area (Å²) < 4.78 is 13.9. The second-order valence-electron chi connectivity index (χ2n) is 11.9. The predicted molar refractivity (Wildman–Crippen MR) is 179 cm³/mol. The Morgan fingerprint density at radius 2 is 2.02 bits per heavy atom. The van der Waals surface area contributed by atoms with Gasteiger partial charge in [0.15, 0.2) is 5.82 Å². The van der Waals surface area contributed by atoms with Crippen molar-refractivity contribution in [2.24, 2.45) is 4.99 Å². The maximum Gasteiger partial charge on any atom is 0.438 e. The monoisotopic (exact) mass is 638 g/mol. The molecule has 1 saturated heterocycles. The number of benzene rings is 1. The molecule has 2 atom stereocenters. The lowest BCUT2D eigenvalue weighted by Crippen LogP contribution is -2.48. The maximum atomic E-state index is 14.8. The number of piperidine rings is 1. The molecule has 0 aliphatic carbocycles. The third-order valence-electron chi connectivity index (χ3n) is 9.53. The minimum absolute atomic E-state index is 0.204. The number of aromatic amines is 2. The molecule has 1 amide bonds. The highest BCUT2D eigenvalue weighted by Crippen LogP contribution is 2.38. The summed E-state index contributed by atoms with van der Waals surface area (Å²) in [7, 11) is 3.32. The lowest BCUT2D eigenvalue weighted by Gasteiger charge is -2.38. The van der Waals surface area contributed by atoms with Gasteiger partial charge in [-0.3, -0.25) is 23.9 Å². The Balaban J connectivity index is 1.54. The molecule has 47 heavy (non-hydrogen) atoms. The minimum Gasteiger partial charge on any atom is -0.481 e. The summed E-state index contributed by atoms with van der Waals surface area (Å²) in [6.07, 6.45) is 5.98. The van der Waals surface area contributed by atoms with Gasteiger partial charge in [-0.05, 0) is 69.5 Å². The van der Waals surface area contributed by atoms with Gasteiger partial charge in [0.05, 0.1) is 13.2 Å². The number of aromatic nitrogens is 6. The zero-order chi connectivity index (χ0) is 33.6. The lowest BCUT2D eigenvalue weighted by molar-refractivity contribution is 0.0699. The van der Waals surface area contributed by atoms with Crippen LogP contribution in [0, 0.1) is 6.92 Å². The highest BCUT2D eigenvalue weighted by atomic mass is 16.5. The molecule has 2 N–H and O–H groups in total. The van der Waals surface area contributed by atoms with E-state index in [0.29, 0.717) is 42.5 Å². The molecule has 244 valence electrons. The average Bonchev–Trinajstić information content (AvgIpc) is 3.81. The van der Waals surface area contributed by atoms with Crippen LogP contribution in [-0.2, 0) is 5.54 Å². The number of hydrogen-bond donors (Lipinski definition) is 2. The first-order chi connectivity index (χ1) is 22.5. The summed E-state index contributed by atoms with van der Waals surface area (Å²) >= 11 is 0. The van der Waals surface area contributed by atoms with Crippen LogP contribution in [0.4, 0.5) is 0 Å². The van der Waals surface area contributed by atoms with Gasteiger partial charge >= 0.3 is 11.4 Å². The molecular formula is C34H38N8O5. The molecule has 1 aromatic carbocycles. The Kier molecular flexibility index (Phi) is 8.08. The molecule has 1 fully saturated rings. The van der Waals surface area contributed by atoms with Gasteiger partial charge < -0.3 is 19.2 Å². The normalized spacial score (nSPS) is 18.5. The summed E-state index contributed by atoms with van der Waals surface area (Å²) in [5.41, 5.74) is 5.16. The number of amides is 1. The third-order valence-corrected chi connectivity index (χ3v) is 9.53. The van der Waals surface area contributed by atoms with Gasteiger partial charge in [-0.15, -0.1) is 0 Å². The number of aliphatic imine (C=N–C) groups is 1. The van der Waals surface area contributed by atoms with Gasteiger partial charge in [0, 0.05) is 72.1 Å². The number of allylic oxidation sites excluding steroid dienone is 1. The molecular weight excluding hydrogens is 600 g/mol. The number of imidazole rings is 1. The molecule has 1 aliphatic rings. The van der Waals surface area contributed by atoms with Crippen molar-refractivity contribution >= 4 is 28.2 Å². The number of rotatable bonds is 7. The fraction of sp³-hybridized carbons (Fsp3) is 0.353. The summed E-state index contributed by atoms with van der Waals surface area (Å²) in [5.74, 6) is -0.0236. The van der Waals surface area contributed by atoms with Gasteiger partial charge in [-0.1, -0.05) is 18.1 Å². The van der Waals surface area contributed by atoms with Gasteiger partial charge in [0.2, 0.25) is 5.88 Å². The molecule has 0 spiro atoms. The molecule has 4 aromatic heterocycles. The van der Waals surface area contributed by atoms with Crippen molar-refractivity contribution in [3.8, 4) is 17.0 Å². The van der Waals surface area contributed by atoms with Crippen molar-refractivity contribution in [1.29, 1.82) is 0 Å². The standard InChI is InChI=1S/C34H38N8O5/c1-8-34(5,31-38-33(45)47-39-31)42-26-10-9-22(24-11-13-36-29(46-7)19(24)2)17-23(26)18-27(42)30(43)40-15-12-25(35-6)28(20(40)3)21(4)41-16-14-37-32(41)44/h9-11,13-14,16-18,20H,8,12,15H2,1-7H3,(H,37,44)(H,38,39,45)/b28-21+,35-25?/t20-,34+/m0/s1. The molecule has 13 nitrogen and oxygen atoms in total. The van der Waals surface area contributed by atoms with Crippen molar-refractivity contribution < 1.29 is 14.1 Å². The molecule has 0 saturated carbocycles. The number of carbonyl (C=O) groups excluding carboxylic acids is 1. The van der Waals surface area contributed by atoms with Crippen LogP contribution in [-0.4, -0.2) is 72.5 Å². The Bertz CT molecular complexity index is 2180. The van der Waals surface area contributed by atoms with E-state index in [9.17, 15) is 14.4 Å². The topological polar surface area (TPSA) is 156 Å². The van der Waals surface area contributed by atoms with Crippen LogP contribution in [0.2, 0.25) is 0 Å². The number of likely N-dealkylation sites (tertiary alicyclic amines) is 1. The molecule has 5 heterocycles. The first kappa shape index (κ1) is 31.5. The summed E-state index contributed by atoms with van der Waals surface area (Å²) in [4.78, 5) is 55.6. The zero-order valence-electron chi connectivity index (χ0n) is 27.5. The number of fused-ring (bicyclic) bond motifs is 1.